The molecule has 0 aliphatic heterocycles. The van der Waals surface area contributed by atoms with E-state index in [0.29, 0.717) is 18.8 Å². The predicted molar refractivity (Wildman–Crippen MR) is 39.5 cm³/mol. The first kappa shape index (κ1) is 7.99. The molecule has 0 heterocycles. The molecule has 0 amide bonds. The molecular weight excluding hydrogens is 152 g/mol. The molecular formula is C3H7O2Si3. The van der Waals surface area contributed by atoms with E-state index in [1.807, 2.05) is 6.55 Å². The van der Waals surface area contributed by atoms with Gasteiger partial charge in [-0.25, -0.2) is 0 Å². The SMILES string of the molecule is C=[Si]O[Si](C)O[Si]=C. The van der Waals surface area contributed by atoms with Crippen molar-refractivity contribution < 1.29 is 8.23 Å². The Labute approximate surface area is 55.8 Å². The average molecular weight is 159 g/mol. The Morgan fingerprint density at radius 2 is 1.62 bits per heavy atom. The maximum Gasteiger partial charge on any atom is 0.498 e. The van der Waals surface area contributed by atoms with Crippen molar-refractivity contribution in [3.63, 3.8) is 0 Å². The second-order valence-corrected chi connectivity index (χ2v) is 4.18. The molecule has 0 saturated heterocycles. The minimum atomic E-state index is -0.992. The molecule has 0 spiro atoms. The molecule has 0 aromatic rings. The van der Waals surface area contributed by atoms with Gasteiger partial charge in [0.15, 0.2) is 0 Å². The van der Waals surface area contributed by atoms with Gasteiger partial charge in [0.2, 0.25) is 0 Å². The Hall–Kier alpha value is -0.00935. The summed E-state index contributed by atoms with van der Waals surface area (Å²) in [7, 11) is -0.402. The summed E-state index contributed by atoms with van der Waals surface area (Å²) in [6.07, 6.45) is 7.08. The number of hydrogen-bond acceptors (Lipinski definition) is 2. The van der Waals surface area contributed by atoms with Gasteiger partial charge in [-0.3, -0.25) is 0 Å². The summed E-state index contributed by atoms with van der Waals surface area (Å²) < 4.78 is 10.1. The third kappa shape index (κ3) is 4.16. The molecule has 0 rings (SSSR count). The van der Waals surface area contributed by atoms with Crippen LogP contribution in [0.1, 0.15) is 0 Å². The minimum absolute atomic E-state index is 0.295. The predicted octanol–water partition coefficient (Wildman–Crippen LogP) is -0.760. The average Bonchev–Trinajstić information content (AvgIpc) is 1.68. The van der Waals surface area contributed by atoms with E-state index in [9.17, 15) is 0 Å². The molecule has 2 nitrogen and oxygen atoms in total. The highest BCUT2D eigenvalue weighted by molar-refractivity contribution is 6.58. The van der Waals surface area contributed by atoms with Crippen LogP contribution in [0.15, 0.2) is 0 Å². The lowest BCUT2D eigenvalue weighted by molar-refractivity contribution is 0.478. The molecule has 0 atom stereocenters. The lowest BCUT2D eigenvalue weighted by Gasteiger charge is -2.04. The van der Waals surface area contributed by atoms with Crippen LogP contribution in [0.4, 0.5) is 0 Å². The minimum Gasteiger partial charge on any atom is -0.575 e. The second kappa shape index (κ2) is 5.13. The summed E-state index contributed by atoms with van der Waals surface area (Å²) >= 11 is 0. The molecule has 0 saturated carbocycles. The molecule has 0 aliphatic carbocycles. The zero-order chi connectivity index (χ0) is 6.41. The van der Waals surface area contributed by atoms with E-state index in [1.54, 1.807) is 0 Å². The zero-order valence-electron chi connectivity index (χ0n) is 4.73. The summed E-state index contributed by atoms with van der Waals surface area (Å²) in [5.41, 5.74) is 0. The highest BCUT2D eigenvalue weighted by Crippen LogP contribution is 1.78. The second-order valence-electron chi connectivity index (χ2n) is 0.984. The van der Waals surface area contributed by atoms with Crippen molar-refractivity contribution in [3.8, 4) is 0 Å². The normalized spacial score (nSPS) is 8.25. The number of hydrogen-bond donors (Lipinski definition) is 0. The van der Waals surface area contributed by atoms with Crippen molar-refractivity contribution in [1.29, 1.82) is 0 Å². The number of rotatable bonds is 4. The van der Waals surface area contributed by atoms with Crippen LogP contribution in [0.2, 0.25) is 6.55 Å². The quantitative estimate of drug-likeness (QED) is 0.502. The smallest absolute Gasteiger partial charge is 0.498 e. The maximum atomic E-state index is 5.05. The first-order valence-electron chi connectivity index (χ1n) is 2.02. The third-order valence-electron chi connectivity index (χ3n) is 0.432. The third-order valence-corrected chi connectivity index (χ3v) is 3.89. The Bertz CT molecular complexity index is 74.6. The van der Waals surface area contributed by atoms with Crippen molar-refractivity contribution in [2.75, 3.05) is 0 Å². The molecule has 0 unspecified atom stereocenters. The fourth-order valence-electron chi connectivity index (χ4n) is 0.224. The molecule has 0 N–H and O–H groups in total. The standard InChI is InChI=1S/C3H7O2Si3/c1-6-4-8(3)5-7-2/h1-2H2,3H3. The fraction of sp³-hybridized carbons (Fsp3) is 0.333. The van der Waals surface area contributed by atoms with Crippen molar-refractivity contribution >= 4 is 40.4 Å². The van der Waals surface area contributed by atoms with Gasteiger partial charge in [0, 0.05) is 6.55 Å². The van der Waals surface area contributed by atoms with Gasteiger partial charge >= 0.3 is 9.28 Å². The summed E-state index contributed by atoms with van der Waals surface area (Å²) in [6.45, 7) is 1.93. The van der Waals surface area contributed by atoms with Crippen LogP contribution in [-0.4, -0.2) is 40.4 Å². The van der Waals surface area contributed by atoms with Crippen molar-refractivity contribution in [1.82, 2.24) is 0 Å². The van der Waals surface area contributed by atoms with Crippen LogP contribution in [0.25, 0.3) is 0 Å². The molecule has 3 radical (unpaired) electrons. The largest absolute Gasteiger partial charge is 0.575 e. The van der Waals surface area contributed by atoms with Crippen LogP contribution in [0.3, 0.4) is 0 Å². The molecule has 0 bridgehead atoms. The molecule has 8 heavy (non-hydrogen) atoms. The van der Waals surface area contributed by atoms with Crippen LogP contribution in [0.5, 0.6) is 0 Å². The molecule has 0 aromatic heterocycles. The van der Waals surface area contributed by atoms with Gasteiger partial charge in [-0.2, -0.15) is 0 Å². The van der Waals surface area contributed by atoms with E-state index in [-0.39, 0.29) is 0 Å². The molecule has 0 aromatic carbocycles. The topological polar surface area (TPSA) is 18.5 Å². The van der Waals surface area contributed by atoms with E-state index in [4.69, 9.17) is 8.23 Å². The monoisotopic (exact) mass is 159 g/mol. The Morgan fingerprint density at radius 3 is 1.88 bits per heavy atom. The summed E-state index contributed by atoms with van der Waals surface area (Å²) in [4.78, 5) is 0. The highest BCUT2D eigenvalue weighted by Gasteiger charge is 2.03. The van der Waals surface area contributed by atoms with Gasteiger partial charge in [-0.15, -0.1) is 0 Å². The Balaban J connectivity index is 3.16. The van der Waals surface area contributed by atoms with Gasteiger partial charge in [-0.05, 0) is 0 Å². The van der Waals surface area contributed by atoms with Gasteiger partial charge in [0.05, 0.1) is 0 Å². The van der Waals surface area contributed by atoms with Crippen LogP contribution in [-0.2, 0) is 8.23 Å². The van der Waals surface area contributed by atoms with Crippen molar-refractivity contribution in [3.05, 3.63) is 0 Å². The lowest BCUT2D eigenvalue weighted by Crippen LogP contribution is -2.17. The first-order chi connectivity index (χ1) is 3.81. The highest BCUT2D eigenvalue weighted by atomic mass is 28.4. The van der Waals surface area contributed by atoms with Gasteiger partial charge in [0.25, 0.3) is 18.8 Å². The molecule has 0 fully saturated rings. The van der Waals surface area contributed by atoms with E-state index >= 15 is 0 Å². The van der Waals surface area contributed by atoms with E-state index in [2.05, 4.69) is 12.3 Å². The summed E-state index contributed by atoms with van der Waals surface area (Å²) in [5.74, 6) is 0. The summed E-state index contributed by atoms with van der Waals surface area (Å²) in [5, 5.41) is 0. The Kier molecular flexibility index (Phi) is 5.13. The van der Waals surface area contributed by atoms with Gasteiger partial charge in [-0.1, -0.05) is 12.3 Å². The zero-order valence-corrected chi connectivity index (χ0v) is 7.73. The van der Waals surface area contributed by atoms with Crippen molar-refractivity contribution in [2.45, 2.75) is 6.55 Å². The maximum absolute atomic E-state index is 5.05. The van der Waals surface area contributed by atoms with Crippen molar-refractivity contribution in [2.24, 2.45) is 0 Å². The molecule has 5 heteroatoms. The van der Waals surface area contributed by atoms with Crippen LogP contribution in [0, 0.1) is 0 Å². The fourth-order valence-corrected chi connectivity index (χ4v) is 2.39. The van der Waals surface area contributed by atoms with Gasteiger partial charge < -0.3 is 8.23 Å². The summed E-state index contributed by atoms with van der Waals surface area (Å²) in [6, 6.07) is 0. The van der Waals surface area contributed by atoms with Gasteiger partial charge in [0.1, 0.15) is 0 Å². The van der Waals surface area contributed by atoms with Crippen LogP contribution < -0.4 is 0 Å². The molecule has 0 aliphatic rings. The first-order valence-corrected chi connectivity index (χ1v) is 6.07. The molecule has 43 valence electrons. The van der Waals surface area contributed by atoms with E-state index in [0.717, 1.165) is 0 Å². The van der Waals surface area contributed by atoms with E-state index < -0.39 is 9.28 Å². The Morgan fingerprint density at radius 1 is 1.25 bits per heavy atom. The lowest BCUT2D eigenvalue weighted by atomic mass is 11.9. The van der Waals surface area contributed by atoms with Crippen LogP contribution >= 0.6 is 0 Å². The van der Waals surface area contributed by atoms with E-state index in [1.165, 1.54) is 0 Å².